The largest absolute Gasteiger partial charge is 0.508 e. The van der Waals surface area contributed by atoms with Gasteiger partial charge < -0.3 is 19.7 Å². The molecule has 0 saturated heterocycles. The van der Waals surface area contributed by atoms with E-state index in [1.165, 1.54) is 29.0 Å². The van der Waals surface area contributed by atoms with Gasteiger partial charge in [0.05, 0.1) is 5.56 Å². The van der Waals surface area contributed by atoms with Crippen molar-refractivity contribution in [2.45, 2.75) is 80.1 Å². The number of hydrogen-bond donors (Lipinski definition) is 3. The number of phenols is 3. The first-order valence-electron chi connectivity index (χ1n) is 13.9. The number of rotatable bonds is 11. The van der Waals surface area contributed by atoms with Gasteiger partial charge in [-0.25, -0.2) is 0 Å². The molecule has 0 radical (unpaired) electrons. The highest BCUT2D eigenvalue weighted by molar-refractivity contribution is 5.91. The number of hydrogen-bond acceptors (Lipinski definition) is 5. The van der Waals surface area contributed by atoms with Crippen molar-refractivity contribution in [3.63, 3.8) is 0 Å². The lowest BCUT2D eigenvalue weighted by Crippen LogP contribution is -2.06. The topological polar surface area (TPSA) is 90.9 Å². The molecule has 1 aromatic heterocycles. The highest BCUT2D eigenvalue weighted by Crippen LogP contribution is 2.35. The van der Waals surface area contributed by atoms with Crippen molar-refractivity contribution in [1.82, 2.24) is 0 Å². The van der Waals surface area contributed by atoms with Crippen molar-refractivity contribution in [2.24, 2.45) is 0 Å². The summed E-state index contributed by atoms with van der Waals surface area (Å²) >= 11 is 0. The number of fused-ring (bicyclic) bond motifs is 1. The van der Waals surface area contributed by atoms with Gasteiger partial charge in [-0.05, 0) is 103 Å². The van der Waals surface area contributed by atoms with Gasteiger partial charge in [0.1, 0.15) is 34.5 Å². The van der Waals surface area contributed by atoms with E-state index in [0.29, 0.717) is 29.5 Å². The van der Waals surface area contributed by atoms with E-state index in [1.54, 1.807) is 18.2 Å². The Labute approximate surface area is 237 Å². The highest BCUT2D eigenvalue weighted by atomic mass is 16.3. The van der Waals surface area contributed by atoms with Crippen molar-refractivity contribution in [3.8, 4) is 28.4 Å². The second-order valence-electron chi connectivity index (χ2n) is 11.1. The zero-order valence-corrected chi connectivity index (χ0v) is 24.6. The molecule has 0 bridgehead atoms. The number of allylic oxidation sites excluding steroid dienone is 8. The van der Waals surface area contributed by atoms with Gasteiger partial charge in [-0.2, -0.15) is 0 Å². The van der Waals surface area contributed by atoms with Crippen LogP contribution in [0, 0.1) is 0 Å². The normalized spacial score (nSPS) is 12.1. The van der Waals surface area contributed by atoms with Crippen molar-refractivity contribution < 1.29 is 19.7 Å². The Bertz CT molecular complexity index is 1540. The van der Waals surface area contributed by atoms with Gasteiger partial charge in [0.15, 0.2) is 0 Å². The third-order valence-corrected chi connectivity index (χ3v) is 7.00. The van der Waals surface area contributed by atoms with Crippen LogP contribution in [0.1, 0.15) is 78.4 Å². The minimum atomic E-state index is -0.394. The maximum absolute atomic E-state index is 13.6. The van der Waals surface area contributed by atoms with Gasteiger partial charge >= 0.3 is 0 Å². The molecule has 5 nitrogen and oxygen atoms in total. The highest BCUT2D eigenvalue weighted by Gasteiger charge is 2.19. The summed E-state index contributed by atoms with van der Waals surface area (Å²) in [5.41, 5.74) is 6.75. The molecule has 0 unspecified atom stereocenters. The minimum Gasteiger partial charge on any atom is -0.508 e. The van der Waals surface area contributed by atoms with E-state index >= 15 is 0 Å². The Kier molecular flexibility index (Phi) is 10.6. The van der Waals surface area contributed by atoms with E-state index in [4.69, 9.17) is 4.42 Å². The molecule has 5 heteroatoms. The standard InChI is InChI=1S/C35H42O5/c1-22(2)9-7-11-24(5)13-15-27-19-26(16-18-30(27)36)29-21-40-35-28(17-14-25(6)12-8-10-23(3)4)31(37)20-32(38)33(35)34(29)39/h9-10,13-14,16,18-21,36-38H,7-8,11-12,15,17H2,1-6H3/b24-13+,25-14+. The van der Waals surface area contributed by atoms with Crippen LogP contribution in [-0.4, -0.2) is 15.3 Å². The molecule has 0 aliphatic heterocycles. The summed E-state index contributed by atoms with van der Waals surface area (Å²) < 4.78 is 5.91. The molecule has 0 amide bonds. The first-order chi connectivity index (χ1) is 19.0. The molecule has 0 fully saturated rings. The van der Waals surface area contributed by atoms with Crippen LogP contribution in [0.4, 0.5) is 0 Å². The molecule has 0 saturated carbocycles. The summed E-state index contributed by atoms with van der Waals surface area (Å²) in [6.07, 6.45) is 14.5. The summed E-state index contributed by atoms with van der Waals surface area (Å²) in [6, 6.07) is 6.23. The molecular formula is C35H42O5. The van der Waals surface area contributed by atoms with E-state index in [1.807, 2.05) is 13.0 Å². The first-order valence-corrected chi connectivity index (χ1v) is 13.9. The van der Waals surface area contributed by atoms with Crippen molar-refractivity contribution in [3.05, 3.63) is 98.5 Å². The minimum absolute atomic E-state index is 0.0329. The maximum atomic E-state index is 13.6. The lowest BCUT2D eigenvalue weighted by molar-refractivity contribution is 0.447. The molecule has 2 aromatic carbocycles. The Balaban J connectivity index is 1.94. The summed E-state index contributed by atoms with van der Waals surface area (Å²) in [7, 11) is 0. The predicted octanol–water partition coefficient (Wildman–Crippen LogP) is 9.05. The van der Waals surface area contributed by atoms with Crippen molar-refractivity contribution >= 4 is 11.0 Å². The quantitative estimate of drug-likeness (QED) is 0.210. The van der Waals surface area contributed by atoms with Gasteiger partial charge in [0.2, 0.25) is 5.43 Å². The fraction of sp³-hybridized carbons (Fsp3) is 0.343. The molecule has 212 valence electrons. The van der Waals surface area contributed by atoms with Crippen molar-refractivity contribution in [2.75, 3.05) is 0 Å². The first kappa shape index (κ1) is 30.6. The van der Waals surface area contributed by atoms with Crippen LogP contribution in [0.5, 0.6) is 17.2 Å². The average Bonchev–Trinajstić information content (AvgIpc) is 2.87. The smallest absolute Gasteiger partial charge is 0.204 e. The van der Waals surface area contributed by atoms with Crippen LogP contribution >= 0.6 is 0 Å². The van der Waals surface area contributed by atoms with Crippen LogP contribution in [0.15, 0.2) is 86.3 Å². The summed E-state index contributed by atoms with van der Waals surface area (Å²) in [5, 5.41) is 31.7. The lowest BCUT2D eigenvalue weighted by atomic mass is 9.98. The maximum Gasteiger partial charge on any atom is 0.204 e. The summed E-state index contributed by atoms with van der Waals surface area (Å²) in [6.45, 7) is 12.4. The summed E-state index contributed by atoms with van der Waals surface area (Å²) in [4.78, 5) is 13.6. The van der Waals surface area contributed by atoms with Crippen LogP contribution < -0.4 is 5.43 Å². The Morgan fingerprint density at radius 2 is 1.35 bits per heavy atom. The predicted molar refractivity (Wildman–Crippen MR) is 165 cm³/mol. The monoisotopic (exact) mass is 542 g/mol. The van der Waals surface area contributed by atoms with Crippen molar-refractivity contribution in [1.29, 1.82) is 0 Å². The molecular weight excluding hydrogens is 500 g/mol. The molecule has 1 heterocycles. The second-order valence-corrected chi connectivity index (χ2v) is 11.1. The van der Waals surface area contributed by atoms with E-state index in [-0.39, 0.29) is 33.8 Å². The van der Waals surface area contributed by atoms with E-state index in [0.717, 1.165) is 31.3 Å². The fourth-order valence-corrected chi connectivity index (χ4v) is 4.58. The van der Waals surface area contributed by atoms with E-state index < -0.39 is 5.43 Å². The van der Waals surface area contributed by atoms with Gasteiger partial charge in [0.25, 0.3) is 0 Å². The Morgan fingerprint density at radius 1 is 0.750 bits per heavy atom. The zero-order chi connectivity index (χ0) is 29.4. The lowest BCUT2D eigenvalue weighted by Gasteiger charge is -2.11. The Morgan fingerprint density at radius 3 is 1.95 bits per heavy atom. The molecule has 3 N–H and O–H groups in total. The number of phenolic OH excluding ortho intramolecular Hbond substituents is 3. The molecule has 3 rings (SSSR count). The van der Waals surface area contributed by atoms with Crippen LogP contribution in [0.3, 0.4) is 0 Å². The molecule has 0 spiro atoms. The number of benzene rings is 2. The summed E-state index contributed by atoms with van der Waals surface area (Å²) in [5.74, 6) is -0.290. The fourth-order valence-electron chi connectivity index (χ4n) is 4.58. The number of aromatic hydroxyl groups is 3. The molecule has 0 aliphatic carbocycles. The van der Waals surface area contributed by atoms with Gasteiger partial charge in [-0.3, -0.25) is 4.79 Å². The SMILES string of the molecule is CC(C)=CCC/C(C)=C/Cc1cc(-c2coc3c(C/C=C(\C)CCC=C(C)C)c(O)cc(O)c3c2=O)ccc1O. The van der Waals surface area contributed by atoms with Gasteiger partial charge in [-0.15, -0.1) is 0 Å². The molecule has 3 aromatic rings. The molecule has 0 aliphatic rings. The van der Waals surface area contributed by atoms with E-state index in [2.05, 4.69) is 52.8 Å². The van der Waals surface area contributed by atoms with Gasteiger partial charge in [-0.1, -0.05) is 52.7 Å². The van der Waals surface area contributed by atoms with Crippen LogP contribution in [0.2, 0.25) is 0 Å². The van der Waals surface area contributed by atoms with Crippen LogP contribution in [0.25, 0.3) is 22.1 Å². The van der Waals surface area contributed by atoms with Crippen LogP contribution in [-0.2, 0) is 12.8 Å². The average molecular weight is 543 g/mol. The second kappa shape index (κ2) is 13.9. The zero-order valence-electron chi connectivity index (χ0n) is 24.6. The third-order valence-electron chi connectivity index (χ3n) is 7.00. The third kappa shape index (κ3) is 8.01. The van der Waals surface area contributed by atoms with E-state index in [9.17, 15) is 20.1 Å². The Hall–Kier alpha value is -3.99. The molecule has 0 atom stereocenters. The molecule has 40 heavy (non-hydrogen) atoms. The van der Waals surface area contributed by atoms with Gasteiger partial charge in [0, 0.05) is 11.6 Å².